The lowest BCUT2D eigenvalue weighted by atomic mass is 9.78. The number of ketones is 2. The molecule has 3 rings (SSSR count). The van der Waals surface area contributed by atoms with Crippen LogP contribution in [-0.4, -0.2) is 18.2 Å². The van der Waals surface area contributed by atoms with Gasteiger partial charge in [0.05, 0.1) is 5.02 Å². The summed E-state index contributed by atoms with van der Waals surface area (Å²) in [5, 5.41) is 0.707. The molecule has 0 aromatic heterocycles. The van der Waals surface area contributed by atoms with E-state index < -0.39 is 5.82 Å². The van der Waals surface area contributed by atoms with Gasteiger partial charge in [0.25, 0.3) is 0 Å². The van der Waals surface area contributed by atoms with Gasteiger partial charge >= 0.3 is 0 Å². The van der Waals surface area contributed by atoms with Gasteiger partial charge in [-0.25, -0.2) is 4.39 Å². The van der Waals surface area contributed by atoms with Gasteiger partial charge in [0.2, 0.25) is 0 Å². The van der Waals surface area contributed by atoms with Crippen LogP contribution >= 0.6 is 23.2 Å². The lowest BCUT2D eigenvalue weighted by Gasteiger charge is -2.28. The number of halogens is 3. The predicted molar refractivity (Wildman–Crippen MR) is 121 cm³/mol. The van der Waals surface area contributed by atoms with Crippen molar-refractivity contribution in [3.05, 3.63) is 63.9 Å². The van der Waals surface area contributed by atoms with Crippen LogP contribution in [0.1, 0.15) is 50.5 Å². The maximum Gasteiger partial charge on any atom is 0.170 e. The summed E-state index contributed by atoms with van der Waals surface area (Å²) in [6.07, 6.45) is 6.55. The molecule has 1 aliphatic rings. The van der Waals surface area contributed by atoms with Crippen molar-refractivity contribution >= 4 is 34.8 Å². The van der Waals surface area contributed by atoms with Gasteiger partial charge in [0.15, 0.2) is 5.78 Å². The molecule has 2 aromatic rings. The lowest BCUT2D eigenvalue weighted by molar-refractivity contribution is -0.122. The van der Waals surface area contributed by atoms with Gasteiger partial charge in [-0.05, 0) is 60.9 Å². The molecule has 0 heterocycles. The summed E-state index contributed by atoms with van der Waals surface area (Å²) in [5.41, 5.74) is 1.00. The number of hydrogen-bond acceptors (Lipinski definition) is 3. The third-order valence-electron chi connectivity index (χ3n) is 5.92. The lowest BCUT2D eigenvalue weighted by Crippen LogP contribution is -2.21. The van der Waals surface area contributed by atoms with Crippen LogP contribution in [0.4, 0.5) is 4.39 Å². The molecule has 0 unspecified atom stereocenters. The Morgan fingerprint density at radius 3 is 2.29 bits per heavy atom. The van der Waals surface area contributed by atoms with Crippen LogP contribution in [0.2, 0.25) is 10.0 Å². The van der Waals surface area contributed by atoms with Gasteiger partial charge < -0.3 is 4.74 Å². The van der Waals surface area contributed by atoms with Crippen molar-refractivity contribution in [2.75, 3.05) is 6.61 Å². The standard InChI is InChI=1S/C25H27Cl2FO3/c26-20-8-5-19(6-9-20)13-21(29)10-7-17-1-3-18(4-2-17)14-22(30)16-31-23-11-12-24(27)25(28)15-23/h5-6,8-9,11-12,15,17-18H,1-4,7,10,13-14,16H2. The van der Waals surface area contributed by atoms with Crippen molar-refractivity contribution < 1.29 is 18.7 Å². The first kappa shape index (κ1) is 23.7. The highest BCUT2D eigenvalue weighted by Crippen LogP contribution is 2.33. The molecule has 166 valence electrons. The number of carbonyl (C=O) groups excluding carboxylic acids is 2. The van der Waals surface area contributed by atoms with E-state index in [0.717, 1.165) is 37.7 Å². The van der Waals surface area contributed by atoms with Crippen LogP contribution in [0.3, 0.4) is 0 Å². The molecule has 1 aliphatic carbocycles. The minimum atomic E-state index is -0.559. The molecule has 0 amide bonds. The normalized spacial score (nSPS) is 18.5. The van der Waals surface area contributed by atoms with Crippen LogP contribution in [0.15, 0.2) is 42.5 Å². The molecule has 3 nitrogen and oxygen atoms in total. The van der Waals surface area contributed by atoms with Crippen molar-refractivity contribution in [3.63, 3.8) is 0 Å². The molecule has 6 heteroatoms. The molecule has 0 aliphatic heterocycles. The molecule has 2 aromatic carbocycles. The summed E-state index contributed by atoms with van der Waals surface area (Å²) in [6.45, 7) is -0.0554. The zero-order valence-electron chi connectivity index (χ0n) is 17.4. The Morgan fingerprint density at radius 1 is 0.935 bits per heavy atom. The van der Waals surface area contributed by atoms with E-state index in [4.69, 9.17) is 27.9 Å². The molecule has 0 saturated heterocycles. The second kappa shape index (κ2) is 11.6. The molecule has 1 fully saturated rings. The van der Waals surface area contributed by atoms with E-state index in [-0.39, 0.29) is 23.2 Å². The first-order valence-electron chi connectivity index (χ1n) is 10.7. The van der Waals surface area contributed by atoms with Crippen LogP contribution in [-0.2, 0) is 16.0 Å². The highest BCUT2D eigenvalue weighted by atomic mass is 35.5. The largest absolute Gasteiger partial charge is 0.486 e. The van der Waals surface area contributed by atoms with Gasteiger partial charge in [0, 0.05) is 30.4 Å². The van der Waals surface area contributed by atoms with Crippen LogP contribution in [0.5, 0.6) is 5.75 Å². The zero-order valence-corrected chi connectivity index (χ0v) is 18.9. The molecule has 1 saturated carbocycles. The summed E-state index contributed by atoms with van der Waals surface area (Å²) < 4.78 is 18.8. The topological polar surface area (TPSA) is 43.4 Å². The van der Waals surface area contributed by atoms with Gasteiger partial charge in [-0.1, -0.05) is 48.2 Å². The van der Waals surface area contributed by atoms with E-state index in [1.54, 1.807) is 6.07 Å². The SMILES string of the molecule is O=C(CCC1CCC(CC(=O)COc2ccc(Cl)c(F)c2)CC1)Cc1ccc(Cl)cc1. The third-order valence-corrected chi connectivity index (χ3v) is 6.48. The number of hydrogen-bond donors (Lipinski definition) is 0. The number of rotatable bonds is 10. The second-order valence-corrected chi connectivity index (χ2v) is 9.22. The van der Waals surface area contributed by atoms with E-state index >= 15 is 0 Å². The monoisotopic (exact) mass is 464 g/mol. The molecular weight excluding hydrogens is 438 g/mol. The van der Waals surface area contributed by atoms with Crippen molar-refractivity contribution in [2.45, 2.75) is 51.4 Å². The third kappa shape index (κ3) is 7.93. The fourth-order valence-electron chi connectivity index (χ4n) is 4.12. The summed E-state index contributed by atoms with van der Waals surface area (Å²) in [4.78, 5) is 24.5. The zero-order chi connectivity index (χ0) is 22.2. The maximum atomic E-state index is 13.4. The first-order valence-corrected chi connectivity index (χ1v) is 11.5. The molecular formula is C25H27Cl2FO3. The Kier molecular flexibility index (Phi) is 8.91. The fraction of sp³-hybridized carbons (Fsp3) is 0.440. The second-order valence-electron chi connectivity index (χ2n) is 8.37. The van der Waals surface area contributed by atoms with Crippen LogP contribution in [0, 0.1) is 17.7 Å². The fourth-order valence-corrected chi connectivity index (χ4v) is 4.36. The van der Waals surface area contributed by atoms with E-state index in [1.165, 1.54) is 12.1 Å². The smallest absolute Gasteiger partial charge is 0.170 e. The molecule has 0 atom stereocenters. The Balaban J connectivity index is 1.31. The van der Waals surface area contributed by atoms with Gasteiger partial charge in [-0.15, -0.1) is 0 Å². The Morgan fingerprint density at radius 2 is 1.61 bits per heavy atom. The quantitative estimate of drug-likeness (QED) is 0.385. The van der Waals surface area contributed by atoms with E-state index in [1.807, 2.05) is 24.3 Å². The number of ether oxygens (including phenoxy) is 1. The van der Waals surface area contributed by atoms with Crippen molar-refractivity contribution in [1.82, 2.24) is 0 Å². The van der Waals surface area contributed by atoms with Crippen molar-refractivity contribution in [1.29, 1.82) is 0 Å². The Hall–Kier alpha value is -1.91. The first-order chi connectivity index (χ1) is 14.9. The minimum Gasteiger partial charge on any atom is -0.486 e. The molecule has 0 N–H and O–H groups in total. The van der Waals surface area contributed by atoms with Crippen LogP contribution < -0.4 is 4.74 Å². The summed E-state index contributed by atoms with van der Waals surface area (Å²) >= 11 is 11.5. The number of carbonyl (C=O) groups is 2. The maximum absolute atomic E-state index is 13.4. The molecule has 0 bridgehead atoms. The average Bonchev–Trinajstić information content (AvgIpc) is 2.76. The number of Topliss-reactive ketones (excluding diaryl/α,β-unsaturated/α-hetero) is 2. The minimum absolute atomic E-state index is 0.0250. The average molecular weight is 465 g/mol. The summed E-state index contributed by atoms with van der Waals surface area (Å²) in [7, 11) is 0. The summed E-state index contributed by atoms with van der Waals surface area (Å²) in [5.74, 6) is 0.944. The predicted octanol–water partition coefficient (Wildman–Crippen LogP) is 6.87. The van der Waals surface area contributed by atoms with Gasteiger partial charge in [0.1, 0.15) is 24.0 Å². The highest BCUT2D eigenvalue weighted by molar-refractivity contribution is 6.30. The van der Waals surface area contributed by atoms with Crippen LogP contribution in [0.25, 0.3) is 0 Å². The molecule has 0 radical (unpaired) electrons. The Bertz CT molecular complexity index is 890. The molecule has 0 spiro atoms. The van der Waals surface area contributed by atoms with Gasteiger partial charge in [-0.2, -0.15) is 0 Å². The van der Waals surface area contributed by atoms with E-state index in [2.05, 4.69) is 0 Å². The van der Waals surface area contributed by atoms with Crippen molar-refractivity contribution in [2.24, 2.45) is 11.8 Å². The number of benzene rings is 2. The van der Waals surface area contributed by atoms with Crippen molar-refractivity contribution in [3.8, 4) is 5.75 Å². The summed E-state index contributed by atoms with van der Waals surface area (Å²) in [6, 6.07) is 11.6. The van der Waals surface area contributed by atoms with E-state index in [9.17, 15) is 14.0 Å². The van der Waals surface area contributed by atoms with E-state index in [0.29, 0.717) is 41.9 Å². The Labute approximate surface area is 192 Å². The molecule has 31 heavy (non-hydrogen) atoms. The highest BCUT2D eigenvalue weighted by Gasteiger charge is 2.23. The van der Waals surface area contributed by atoms with Gasteiger partial charge in [-0.3, -0.25) is 9.59 Å².